The summed E-state index contributed by atoms with van der Waals surface area (Å²) in [6.45, 7) is 8.59. The molecule has 4 heterocycles. The van der Waals surface area contributed by atoms with Crippen LogP contribution in [0.25, 0.3) is 5.69 Å². The molecule has 4 aromatic rings. The summed E-state index contributed by atoms with van der Waals surface area (Å²) in [5, 5.41) is 4.28. The van der Waals surface area contributed by atoms with Gasteiger partial charge in [0.15, 0.2) is 5.11 Å². The minimum atomic E-state index is -0.0665. The lowest BCUT2D eigenvalue weighted by Crippen LogP contribution is -2.29. The average Bonchev–Trinajstić information content (AvgIpc) is 3.32. The molecule has 0 radical (unpaired) electrons. The minimum Gasteiger partial charge on any atom is -0.351 e. The van der Waals surface area contributed by atoms with Crippen LogP contribution in [0.2, 0.25) is 0 Å². The van der Waals surface area contributed by atoms with Crippen LogP contribution in [0.4, 0.5) is 5.69 Å². The van der Waals surface area contributed by atoms with E-state index < -0.39 is 0 Å². The standard InChI is InChI=1S/C27H27N5S/c1-17-10-11-21(14-18(17)2)32-26(25(30-27(32)33)24-9-5-6-13-29-24)23-15-19(3)31(20(23)4)22-8-7-12-28-16-22/h5-16,25-26H,1-4H3,(H,30,33). The van der Waals surface area contributed by atoms with E-state index in [-0.39, 0.29) is 12.1 Å². The van der Waals surface area contributed by atoms with E-state index in [0.29, 0.717) is 5.11 Å². The molecule has 0 spiro atoms. The molecule has 33 heavy (non-hydrogen) atoms. The van der Waals surface area contributed by atoms with Gasteiger partial charge in [0.05, 0.1) is 29.7 Å². The zero-order valence-electron chi connectivity index (χ0n) is 19.3. The second-order valence-electron chi connectivity index (χ2n) is 8.64. The molecular formula is C27H27N5S. The van der Waals surface area contributed by atoms with Crippen LogP contribution in [0.3, 0.4) is 0 Å². The van der Waals surface area contributed by atoms with Crippen molar-refractivity contribution in [3.63, 3.8) is 0 Å². The Morgan fingerprint density at radius 3 is 2.42 bits per heavy atom. The Morgan fingerprint density at radius 2 is 1.73 bits per heavy atom. The fourth-order valence-corrected chi connectivity index (χ4v) is 5.14. The number of hydrogen-bond acceptors (Lipinski definition) is 3. The first kappa shape index (κ1) is 21.3. The van der Waals surface area contributed by atoms with Crippen molar-refractivity contribution < 1.29 is 0 Å². The molecule has 1 N–H and O–H groups in total. The molecular weight excluding hydrogens is 426 g/mol. The van der Waals surface area contributed by atoms with Gasteiger partial charge in [-0.1, -0.05) is 12.1 Å². The highest BCUT2D eigenvalue weighted by atomic mass is 32.1. The molecule has 2 atom stereocenters. The second-order valence-corrected chi connectivity index (χ2v) is 9.02. The molecule has 0 aliphatic carbocycles. The van der Waals surface area contributed by atoms with Crippen molar-refractivity contribution >= 4 is 23.0 Å². The van der Waals surface area contributed by atoms with Crippen molar-refractivity contribution in [2.24, 2.45) is 0 Å². The molecule has 1 aliphatic rings. The number of thiocarbonyl (C=S) groups is 1. The molecule has 0 amide bonds. The maximum atomic E-state index is 5.90. The van der Waals surface area contributed by atoms with Crippen LogP contribution in [0.15, 0.2) is 73.2 Å². The predicted molar refractivity (Wildman–Crippen MR) is 137 cm³/mol. The van der Waals surface area contributed by atoms with E-state index in [0.717, 1.165) is 22.8 Å². The lowest BCUT2D eigenvalue weighted by atomic mass is 9.96. The highest BCUT2D eigenvalue weighted by molar-refractivity contribution is 7.80. The van der Waals surface area contributed by atoms with E-state index in [1.807, 2.05) is 30.6 Å². The van der Waals surface area contributed by atoms with Gasteiger partial charge in [0.25, 0.3) is 0 Å². The third-order valence-corrected chi connectivity index (χ3v) is 6.87. The van der Waals surface area contributed by atoms with E-state index in [1.165, 1.54) is 22.4 Å². The Hall–Kier alpha value is -3.51. The van der Waals surface area contributed by atoms with Crippen LogP contribution in [-0.2, 0) is 0 Å². The number of anilines is 1. The molecule has 0 saturated carbocycles. The maximum Gasteiger partial charge on any atom is 0.174 e. The third-order valence-electron chi connectivity index (χ3n) is 6.56. The molecule has 0 bridgehead atoms. The lowest BCUT2D eigenvalue weighted by Gasteiger charge is -2.28. The highest BCUT2D eigenvalue weighted by Crippen LogP contribution is 2.44. The number of nitrogens with one attached hydrogen (secondary N) is 1. The molecule has 1 aromatic carbocycles. The Balaban J connectivity index is 1.69. The van der Waals surface area contributed by atoms with Crippen LogP contribution in [0.1, 0.15) is 45.9 Å². The van der Waals surface area contributed by atoms with Crippen molar-refractivity contribution in [3.05, 3.63) is 107 Å². The van der Waals surface area contributed by atoms with Gasteiger partial charge in [0, 0.05) is 29.5 Å². The number of benzene rings is 1. The zero-order chi connectivity index (χ0) is 23.1. The van der Waals surface area contributed by atoms with Gasteiger partial charge < -0.3 is 14.8 Å². The van der Waals surface area contributed by atoms with Crippen molar-refractivity contribution in [3.8, 4) is 5.69 Å². The first-order chi connectivity index (χ1) is 16.0. The second kappa shape index (κ2) is 8.45. The van der Waals surface area contributed by atoms with Gasteiger partial charge in [0.1, 0.15) is 0 Å². The van der Waals surface area contributed by atoms with Crippen LogP contribution >= 0.6 is 12.2 Å². The van der Waals surface area contributed by atoms with Gasteiger partial charge in [-0.2, -0.15) is 0 Å². The van der Waals surface area contributed by atoms with Crippen molar-refractivity contribution in [2.45, 2.75) is 39.8 Å². The number of hydrogen-bond donors (Lipinski definition) is 1. The van der Waals surface area contributed by atoms with Gasteiger partial charge >= 0.3 is 0 Å². The van der Waals surface area contributed by atoms with Crippen LogP contribution < -0.4 is 10.2 Å². The molecule has 2 unspecified atom stereocenters. The zero-order valence-corrected chi connectivity index (χ0v) is 20.1. The summed E-state index contributed by atoms with van der Waals surface area (Å²) in [6, 6.07) is 18.8. The number of rotatable bonds is 4. The smallest absolute Gasteiger partial charge is 0.174 e. The van der Waals surface area contributed by atoms with Crippen molar-refractivity contribution in [1.82, 2.24) is 19.9 Å². The Morgan fingerprint density at radius 1 is 0.879 bits per heavy atom. The summed E-state index contributed by atoms with van der Waals surface area (Å²) in [6.07, 6.45) is 5.55. The van der Waals surface area contributed by atoms with Crippen LogP contribution in [0, 0.1) is 27.7 Å². The highest BCUT2D eigenvalue weighted by Gasteiger charge is 2.42. The topological polar surface area (TPSA) is 46.0 Å². The van der Waals surface area contributed by atoms with E-state index >= 15 is 0 Å². The normalized spacial score (nSPS) is 17.9. The van der Waals surface area contributed by atoms with Gasteiger partial charge in [-0.15, -0.1) is 0 Å². The summed E-state index contributed by atoms with van der Waals surface area (Å²) < 4.78 is 2.26. The SMILES string of the molecule is Cc1ccc(N2C(=S)NC(c3ccccn3)C2c2cc(C)n(-c3cccnc3)c2C)cc1C. The first-order valence-corrected chi connectivity index (χ1v) is 11.5. The largest absolute Gasteiger partial charge is 0.351 e. The number of nitrogens with zero attached hydrogens (tertiary/aromatic N) is 4. The van der Waals surface area contributed by atoms with Gasteiger partial charge in [-0.25, -0.2) is 0 Å². The number of aromatic nitrogens is 3. The summed E-state index contributed by atoms with van der Waals surface area (Å²) in [5.74, 6) is 0. The summed E-state index contributed by atoms with van der Waals surface area (Å²) in [7, 11) is 0. The monoisotopic (exact) mass is 453 g/mol. The summed E-state index contributed by atoms with van der Waals surface area (Å²) in [5.41, 5.74) is 9.19. The summed E-state index contributed by atoms with van der Waals surface area (Å²) in [4.78, 5) is 11.3. The van der Waals surface area contributed by atoms with Gasteiger partial charge in [-0.05, 0) is 99.1 Å². The average molecular weight is 454 g/mol. The quantitative estimate of drug-likeness (QED) is 0.403. The Labute approximate surface area is 200 Å². The van der Waals surface area contributed by atoms with Crippen LogP contribution in [0.5, 0.6) is 0 Å². The van der Waals surface area contributed by atoms with Crippen molar-refractivity contribution in [2.75, 3.05) is 4.90 Å². The number of aryl methyl sites for hydroxylation is 3. The number of pyridine rings is 2. The maximum absolute atomic E-state index is 5.90. The molecule has 166 valence electrons. The minimum absolute atomic E-state index is 0.0360. The predicted octanol–water partition coefficient (Wildman–Crippen LogP) is 5.68. The molecule has 3 aromatic heterocycles. The molecule has 1 saturated heterocycles. The molecule has 6 heteroatoms. The van der Waals surface area contributed by atoms with Crippen LogP contribution in [-0.4, -0.2) is 19.6 Å². The Bertz CT molecular complexity index is 1310. The van der Waals surface area contributed by atoms with Gasteiger partial charge in [0.2, 0.25) is 0 Å². The van der Waals surface area contributed by atoms with Gasteiger partial charge in [-0.3, -0.25) is 9.97 Å². The molecule has 1 aliphatic heterocycles. The molecule has 5 rings (SSSR count). The van der Waals surface area contributed by atoms with E-state index in [2.05, 4.69) is 88.8 Å². The first-order valence-electron chi connectivity index (χ1n) is 11.1. The fourth-order valence-electron chi connectivity index (χ4n) is 4.79. The van der Waals surface area contributed by atoms with E-state index in [4.69, 9.17) is 12.2 Å². The van der Waals surface area contributed by atoms with E-state index in [1.54, 1.807) is 6.20 Å². The Kier molecular flexibility index (Phi) is 5.46. The van der Waals surface area contributed by atoms with Crippen molar-refractivity contribution in [1.29, 1.82) is 0 Å². The van der Waals surface area contributed by atoms with E-state index in [9.17, 15) is 0 Å². The third kappa shape index (κ3) is 3.70. The summed E-state index contributed by atoms with van der Waals surface area (Å²) >= 11 is 5.90. The fraction of sp³-hybridized carbons (Fsp3) is 0.222. The molecule has 5 nitrogen and oxygen atoms in total. The lowest BCUT2D eigenvalue weighted by molar-refractivity contribution is 0.565. The molecule has 1 fully saturated rings.